The van der Waals surface area contributed by atoms with Crippen molar-refractivity contribution >= 4 is 23.4 Å². The van der Waals surface area contributed by atoms with Crippen molar-refractivity contribution in [2.24, 2.45) is 0 Å². The van der Waals surface area contributed by atoms with E-state index in [1.54, 1.807) is 47.3 Å². The van der Waals surface area contributed by atoms with Crippen molar-refractivity contribution in [1.82, 2.24) is 14.7 Å². The highest BCUT2D eigenvalue weighted by Gasteiger charge is 2.28. The molecule has 3 amide bonds. The maximum Gasteiger partial charge on any atom is 0.259 e. The Kier molecular flexibility index (Phi) is 6.16. The number of hydrogen-bond donors (Lipinski definition) is 1. The van der Waals surface area contributed by atoms with E-state index < -0.39 is 0 Å². The molecular weight excluding hydrogens is 459 g/mol. The van der Waals surface area contributed by atoms with E-state index in [2.05, 4.69) is 10.4 Å². The van der Waals surface area contributed by atoms with Crippen LogP contribution in [0.5, 0.6) is 0 Å². The molecule has 1 aliphatic rings. The summed E-state index contributed by atoms with van der Waals surface area (Å²) in [6.45, 7) is 2.18. The number of amides is 3. The quantitative estimate of drug-likeness (QED) is 0.397. The van der Waals surface area contributed by atoms with Gasteiger partial charge in [0.25, 0.3) is 5.91 Å². The third-order valence-electron chi connectivity index (χ3n) is 6.05. The summed E-state index contributed by atoms with van der Waals surface area (Å²) in [4.78, 5) is 38.3. The van der Waals surface area contributed by atoms with Crippen molar-refractivity contribution in [3.05, 3.63) is 102 Å². The Bertz CT molecular complexity index is 1440. The molecule has 0 spiro atoms. The smallest absolute Gasteiger partial charge is 0.259 e. The zero-order valence-corrected chi connectivity index (χ0v) is 19.6. The van der Waals surface area contributed by atoms with Gasteiger partial charge in [-0.05, 0) is 55.0 Å². The minimum Gasteiger partial charge on any atom is -0.322 e. The number of nitrogens with one attached hydrogen (secondary N) is 1. The highest BCUT2D eigenvalue weighted by atomic mass is 19.1. The van der Waals surface area contributed by atoms with Crippen LogP contribution in [0.25, 0.3) is 16.9 Å². The fraction of sp³-hybridized carbons (Fsp3) is 0.143. The number of hydrogen-bond acceptors (Lipinski definition) is 4. The largest absolute Gasteiger partial charge is 0.322 e. The van der Waals surface area contributed by atoms with Crippen molar-refractivity contribution in [2.75, 3.05) is 5.32 Å². The fourth-order valence-electron chi connectivity index (χ4n) is 4.15. The van der Waals surface area contributed by atoms with Crippen LogP contribution in [0.4, 0.5) is 10.1 Å². The third kappa shape index (κ3) is 4.79. The van der Waals surface area contributed by atoms with Crippen LogP contribution < -0.4 is 5.32 Å². The summed E-state index contributed by atoms with van der Waals surface area (Å²) in [6.07, 6.45) is 2.13. The van der Waals surface area contributed by atoms with Gasteiger partial charge in [0.2, 0.25) is 11.8 Å². The van der Waals surface area contributed by atoms with Gasteiger partial charge < -0.3 is 5.32 Å². The van der Waals surface area contributed by atoms with Gasteiger partial charge >= 0.3 is 0 Å². The number of aromatic nitrogens is 2. The number of anilines is 1. The van der Waals surface area contributed by atoms with E-state index in [9.17, 15) is 18.8 Å². The number of benzene rings is 3. The van der Waals surface area contributed by atoms with E-state index in [0.29, 0.717) is 22.6 Å². The summed E-state index contributed by atoms with van der Waals surface area (Å²) in [5, 5.41) is 7.53. The molecule has 1 saturated heterocycles. The first-order chi connectivity index (χ1) is 17.4. The van der Waals surface area contributed by atoms with Crippen LogP contribution in [-0.4, -0.2) is 32.4 Å². The molecular formula is C28H23FN4O3. The Balaban J connectivity index is 1.41. The van der Waals surface area contributed by atoms with E-state index in [1.165, 1.54) is 17.0 Å². The molecule has 0 radical (unpaired) electrons. The van der Waals surface area contributed by atoms with Gasteiger partial charge in [-0.15, -0.1) is 0 Å². The zero-order chi connectivity index (χ0) is 25.2. The first-order valence-corrected chi connectivity index (χ1v) is 11.5. The molecule has 4 aromatic rings. The summed E-state index contributed by atoms with van der Waals surface area (Å²) in [7, 11) is 0. The van der Waals surface area contributed by atoms with Gasteiger partial charge in [-0.25, -0.2) is 9.07 Å². The van der Waals surface area contributed by atoms with Crippen molar-refractivity contribution < 1.29 is 18.8 Å². The summed E-state index contributed by atoms with van der Waals surface area (Å²) >= 11 is 0. The van der Waals surface area contributed by atoms with Crippen molar-refractivity contribution in [1.29, 1.82) is 0 Å². The Labute approximate surface area is 207 Å². The van der Waals surface area contributed by atoms with Crippen molar-refractivity contribution in [3.63, 3.8) is 0 Å². The molecule has 36 heavy (non-hydrogen) atoms. The van der Waals surface area contributed by atoms with Gasteiger partial charge in [-0.2, -0.15) is 5.10 Å². The number of aryl methyl sites for hydroxylation is 1. The predicted molar refractivity (Wildman–Crippen MR) is 133 cm³/mol. The van der Waals surface area contributed by atoms with Crippen LogP contribution >= 0.6 is 0 Å². The molecule has 3 aromatic carbocycles. The standard InChI is InChI=1S/C28H23FN4O3/c1-18-3-2-4-20(15-18)27-24(17-33(31-27)23-11-7-21(29)8-12-23)28(36)30-22-9-5-19(6-10-22)16-32-25(34)13-14-26(32)35/h2-12,15,17H,13-14,16H2,1H3,(H,30,36). The number of carbonyl (C=O) groups is 3. The molecule has 1 aromatic heterocycles. The lowest BCUT2D eigenvalue weighted by molar-refractivity contribution is -0.139. The maximum absolute atomic E-state index is 13.4. The normalized spacial score (nSPS) is 13.3. The molecule has 7 nitrogen and oxygen atoms in total. The average molecular weight is 483 g/mol. The molecule has 0 aliphatic carbocycles. The molecule has 180 valence electrons. The van der Waals surface area contributed by atoms with Crippen LogP contribution in [0.15, 0.2) is 79.0 Å². The second kappa shape index (κ2) is 9.58. The van der Waals surface area contributed by atoms with Crippen molar-refractivity contribution in [2.45, 2.75) is 26.3 Å². The van der Waals surface area contributed by atoms with Crippen molar-refractivity contribution in [3.8, 4) is 16.9 Å². The highest BCUT2D eigenvalue weighted by Crippen LogP contribution is 2.26. The molecule has 1 aliphatic heterocycles. The van der Waals surface area contributed by atoms with Crippen LogP contribution in [0.2, 0.25) is 0 Å². The SMILES string of the molecule is Cc1cccc(-c2nn(-c3ccc(F)cc3)cc2C(=O)Nc2ccc(CN3C(=O)CCC3=O)cc2)c1. The molecule has 2 heterocycles. The summed E-state index contributed by atoms with van der Waals surface area (Å²) < 4.78 is 15.0. The number of likely N-dealkylation sites (tertiary alicyclic amines) is 1. The van der Waals surface area contributed by atoms with Gasteiger partial charge in [0.1, 0.15) is 11.5 Å². The predicted octanol–water partition coefficient (Wildman–Crippen LogP) is 4.89. The van der Waals surface area contributed by atoms with Crippen LogP contribution in [0.3, 0.4) is 0 Å². The first kappa shape index (κ1) is 23.2. The summed E-state index contributed by atoms with van der Waals surface area (Å²) in [5.41, 5.74) is 4.66. The molecule has 0 saturated carbocycles. The Hall–Kier alpha value is -4.59. The van der Waals surface area contributed by atoms with E-state index >= 15 is 0 Å². The zero-order valence-electron chi connectivity index (χ0n) is 19.6. The maximum atomic E-state index is 13.4. The average Bonchev–Trinajstić information content (AvgIpc) is 3.45. The Morgan fingerprint density at radius 3 is 2.33 bits per heavy atom. The molecule has 5 rings (SSSR count). The molecule has 0 bridgehead atoms. The second-order valence-electron chi connectivity index (χ2n) is 8.71. The molecule has 1 N–H and O–H groups in total. The minimum atomic E-state index is -0.357. The monoisotopic (exact) mass is 482 g/mol. The number of imide groups is 1. The van der Waals surface area contributed by atoms with Gasteiger partial charge in [0.15, 0.2) is 0 Å². The number of nitrogens with zero attached hydrogens (tertiary/aromatic N) is 3. The van der Waals surface area contributed by atoms with E-state index in [0.717, 1.165) is 16.7 Å². The summed E-state index contributed by atoms with van der Waals surface area (Å²) in [5.74, 6) is -1.04. The highest BCUT2D eigenvalue weighted by molar-refractivity contribution is 6.08. The van der Waals surface area contributed by atoms with Gasteiger partial charge in [-0.1, -0.05) is 35.9 Å². The van der Waals surface area contributed by atoms with E-state index in [4.69, 9.17) is 0 Å². The lowest BCUT2D eigenvalue weighted by atomic mass is 10.1. The van der Waals surface area contributed by atoms with E-state index in [-0.39, 0.29) is 42.9 Å². The van der Waals surface area contributed by atoms with Crippen LogP contribution in [-0.2, 0) is 16.1 Å². The second-order valence-corrected chi connectivity index (χ2v) is 8.71. The molecule has 8 heteroatoms. The Morgan fingerprint density at radius 1 is 0.972 bits per heavy atom. The first-order valence-electron chi connectivity index (χ1n) is 11.5. The number of carbonyl (C=O) groups excluding carboxylic acids is 3. The topological polar surface area (TPSA) is 84.3 Å². The number of rotatable bonds is 6. The van der Waals surface area contributed by atoms with Crippen LogP contribution in [0, 0.1) is 12.7 Å². The fourth-order valence-corrected chi connectivity index (χ4v) is 4.15. The van der Waals surface area contributed by atoms with Gasteiger partial charge in [-0.3, -0.25) is 19.3 Å². The minimum absolute atomic E-state index is 0.167. The lowest BCUT2D eigenvalue weighted by Crippen LogP contribution is -2.28. The lowest BCUT2D eigenvalue weighted by Gasteiger charge is -2.14. The number of halogens is 1. The molecule has 0 atom stereocenters. The third-order valence-corrected chi connectivity index (χ3v) is 6.05. The van der Waals surface area contributed by atoms with Crippen LogP contribution in [0.1, 0.15) is 34.3 Å². The molecule has 1 fully saturated rings. The molecule has 0 unspecified atom stereocenters. The Morgan fingerprint density at radius 2 is 1.67 bits per heavy atom. The summed E-state index contributed by atoms with van der Waals surface area (Å²) in [6, 6.07) is 20.6. The van der Waals surface area contributed by atoms with Gasteiger partial charge in [0, 0.05) is 30.3 Å². The van der Waals surface area contributed by atoms with E-state index in [1.807, 2.05) is 31.2 Å². The van der Waals surface area contributed by atoms with Gasteiger partial charge in [0.05, 0.1) is 17.8 Å².